The maximum atomic E-state index is 13.1. The van der Waals surface area contributed by atoms with Crippen LogP contribution in [0.5, 0.6) is 5.75 Å². The van der Waals surface area contributed by atoms with Crippen LogP contribution < -0.4 is 10.1 Å². The Labute approximate surface area is 262 Å². The lowest BCUT2D eigenvalue weighted by molar-refractivity contribution is -0.127. The number of para-hydroxylation sites is 1. The van der Waals surface area contributed by atoms with Gasteiger partial charge in [0.1, 0.15) is 18.9 Å². The Morgan fingerprint density at radius 3 is 2.40 bits per heavy atom. The predicted molar refractivity (Wildman–Crippen MR) is 169 cm³/mol. The molecule has 0 atom stereocenters. The Morgan fingerprint density at radius 2 is 1.69 bits per heavy atom. The monoisotopic (exact) mass is 639 g/mol. The highest BCUT2D eigenvalue weighted by Crippen LogP contribution is 2.34. The van der Waals surface area contributed by atoms with Gasteiger partial charge in [-0.15, -0.1) is 0 Å². The number of hydrogen-bond donors (Lipinski definition) is 1. The molecule has 0 unspecified atom stereocenters. The average Bonchev–Trinajstić information content (AvgIpc) is 3.38. The number of ether oxygens (including phenoxy) is 1. The van der Waals surface area contributed by atoms with Crippen LogP contribution in [0, 0.1) is 13.8 Å². The number of nitrogens with one attached hydrogen (secondary N) is 1. The van der Waals surface area contributed by atoms with E-state index in [9.17, 15) is 14.4 Å². The summed E-state index contributed by atoms with van der Waals surface area (Å²) >= 11 is 19.1. The molecule has 1 fully saturated rings. The number of carbonyl (C=O) groups excluding carboxylic acids is 3. The lowest BCUT2D eigenvalue weighted by Crippen LogP contribution is -2.36. The number of nitrogens with zero attached hydrogens (tertiary/aromatic N) is 2. The fourth-order valence-corrected chi connectivity index (χ4v) is 5.97. The van der Waals surface area contributed by atoms with E-state index < -0.39 is 23.6 Å². The Bertz CT molecular complexity index is 1730. The molecule has 1 saturated heterocycles. The summed E-state index contributed by atoms with van der Waals surface area (Å²) < 4.78 is 7.95. The zero-order valence-electron chi connectivity index (χ0n) is 22.5. The van der Waals surface area contributed by atoms with Crippen LogP contribution in [0.4, 0.5) is 10.5 Å². The molecule has 1 aliphatic heterocycles. The van der Waals surface area contributed by atoms with Gasteiger partial charge in [0.15, 0.2) is 0 Å². The molecule has 3 amide bonds. The Balaban J connectivity index is 1.27. The minimum atomic E-state index is -0.522. The first-order valence-corrected chi connectivity index (χ1v) is 14.7. The van der Waals surface area contributed by atoms with Crippen LogP contribution in [-0.4, -0.2) is 33.1 Å². The fraction of sp³-hybridized carbons (Fsp3) is 0.129. The second-order valence-corrected chi connectivity index (χ2v) is 11.7. The van der Waals surface area contributed by atoms with E-state index in [-0.39, 0.29) is 4.91 Å². The molecule has 214 valence electrons. The third-order valence-corrected chi connectivity index (χ3v) is 8.41. The quantitative estimate of drug-likeness (QED) is 0.196. The number of rotatable bonds is 8. The summed E-state index contributed by atoms with van der Waals surface area (Å²) in [6.07, 6.45) is 1.68. The number of aromatic nitrogens is 1. The summed E-state index contributed by atoms with van der Waals surface area (Å²) in [6, 6.07) is 21.6. The highest BCUT2D eigenvalue weighted by molar-refractivity contribution is 8.18. The minimum Gasteiger partial charge on any atom is -0.489 e. The van der Waals surface area contributed by atoms with Crippen LogP contribution in [-0.2, 0) is 16.2 Å². The first-order valence-electron chi connectivity index (χ1n) is 12.8. The molecule has 0 radical (unpaired) electrons. The van der Waals surface area contributed by atoms with E-state index in [2.05, 4.69) is 5.32 Å². The van der Waals surface area contributed by atoms with Gasteiger partial charge in [0.25, 0.3) is 11.1 Å². The van der Waals surface area contributed by atoms with Crippen molar-refractivity contribution < 1.29 is 19.1 Å². The molecular formula is C31H24Cl3N3O4S. The van der Waals surface area contributed by atoms with E-state index in [0.717, 1.165) is 44.9 Å². The van der Waals surface area contributed by atoms with Crippen molar-refractivity contribution in [2.24, 2.45) is 0 Å². The van der Waals surface area contributed by atoms with Gasteiger partial charge in [0.2, 0.25) is 5.91 Å². The SMILES string of the molecule is Cc1cc(/C=C2/SC(=O)N(CC(=O)Nc3ccccc3Cl)C2=O)c(C)n1-c1ccc(OCc2ccc(Cl)cc2Cl)cc1. The van der Waals surface area contributed by atoms with Crippen LogP contribution in [0.3, 0.4) is 0 Å². The number of amides is 3. The molecule has 1 N–H and O–H groups in total. The van der Waals surface area contributed by atoms with E-state index in [1.807, 2.05) is 54.8 Å². The van der Waals surface area contributed by atoms with Gasteiger partial charge >= 0.3 is 0 Å². The van der Waals surface area contributed by atoms with Gasteiger partial charge in [-0.3, -0.25) is 19.3 Å². The van der Waals surface area contributed by atoms with Gasteiger partial charge in [0.05, 0.1) is 15.6 Å². The van der Waals surface area contributed by atoms with E-state index >= 15 is 0 Å². The number of thioether (sulfide) groups is 1. The summed E-state index contributed by atoms with van der Waals surface area (Å²) in [4.78, 5) is 39.4. The summed E-state index contributed by atoms with van der Waals surface area (Å²) in [5.74, 6) is -0.361. The molecule has 42 heavy (non-hydrogen) atoms. The van der Waals surface area contributed by atoms with Crippen LogP contribution in [0.1, 0.15) is 22.5 Å². The molecule has 0 spiro atoms. The number of halogens is 3. The van der Waals surface area contributed by atoms with Gasteiger partial charge in [-0.2, -0.15) is 0 Å². The minimum absolute atomic E-state index is 0.246. The Hall–Kier alpha value is -3.69. The van der Waals surface area contributed by atoms with Crippen molar-refractivity contribution in [1.82, 2.24) is 9.47 Å². The fourth-order valence-electron chi connectivity index (χ4n) is 4.50. The van der Waals surface area contributed by atoms with Gasteiger partial charge in [-0.25, -0.2) is 0 Å². The second kappa shape index (κ2) is 12.7. The Kier molecular flexibility index (Phi) is 8.99. The van der Waals surface area contributed by atoms with Crippen LogP contribution >= 0.6 is 46.6 Å². The molecule has 2 heterocycles. The summed E-state index contributed by atoms with van der Waals surface area (Å²) in [5, 5.41) is 3.60. The third kappa shape index (κ3) is 6.52. The maximum absolute atomic E-state index is 13.1. The van der Waals surface area contributed by atoms with Gasteiger partial charge in [0, 0.05) is 32.7 Å². The topological polar surface area (TPSA) is 80.6 Å². The number of benzene rings is 3. The smallest absolute Gasteiger partial charge is 0.294 e. The lowest BCUT2D eigenvalue weighted by atomic mass is 10.2. The molecule has 0 saturated carbocycles. The second-order valence-electron chi connectivity index (χ2n) is 9.48. The van der Waals surface area contributed by atoms with Crippen molar-refractivity contribution in [2.45, 2.75) is 20.5 Å². The van der Waals surface area contributed by atoms with Crippen molar-refractivity contribution in [1.29, 1.82) is 0 Å². The number of carbonyl (C=O) groups is 3. The Morgan fingerprint density at radius 1 is 0.952 bits per heavy atom. The maximum Gasteiger partial charge on any atom is 0.294 e. The molecule has 0 bridgehead atoms. The average molecular weight is 641 g/mol. The summed E-state index contributed by atoms with van der Waals surface area (Å²) in [5.41, 5.74) is 4.76. The van der Waals surface area contributed by atoms with Gasteiger partial charge in [-0.1, -0.05) is 53.0 Å². The lowest BCUT2D eigenvalue weighted by Gasteiger charge is -2.13. The zero-order valence-corrected chi connectivity index (χ0v) is 25.6. The van der Waals surface area contributed by atoms with E-state index in [0.29, 0.717) is 33.1 Å². The van der Waals surface area contributed by atoms with Crippen molar-refractivity contribution in [3.8, 4) is 11.4 Å². The van der Waals surface area contributed by atoms with Crippen LogP contribution in [0.25, 0.3) is 11.8 Å². The van der Waals surface area contributed by atoms with E-state index in [1.54, 1.807) is 42.5 Å². The molecule has 5 rings (SSSR count). The summed E-state index contributed by atoms with van der Waals surface area (Å²) in [7, 11) is 0. The molecule has 11 heteroatoms. The van der Waals surface area contributed by atoms with Crippen molar-refractivity contribution >= 4 is 75.4 Å². The number of aryl methyl sites for hydroxylation is 1. The normalized spacial score (nSPS) is 14.1. The highest BCUT2D eigenvalue weighted by atomic mass is 35.5. The van der Waals surface area contributed by atoms with E-state index in [4.69, 9.17) is 39.5 Å². The standard InChI is InChI=1S/C31H24Cl3N3O4S/c1-18-13-21(14-28-30(39)36(31(40)42-28)16-29(38)35-27-6-4-3-5-25(27)33)19(2)37(18)23-9-11-24(12-10-23)41-17-20-7-8-22(32)15-26(20)34/h3-15H,16-17H2,1-2H3,(H,35,38)/b28-14+. The molecule has 7 nitrogen and oxygen atoms in total. The van der Waals surface area contributed by atoms with Crippen LogP contribution in [0.2, 0.25) is 15.1 Å². The van der Waals surface area contributed by atoms with Crippen molar-refractivity contribution in [2.75, 3.05) is 11.9 Å². The summed E-state index contributed by atoms with van der Waals surface area (Å²) in [6.45, 7) is 3.79. The van der Waals surface area contributed by atoms with Crippen molar-refractivity contribution in [3.05, 3.63) is 115 Å². The molecule has 1 aliphatic rings. The first-order chi connectivity index (χ1) is 20.1. The van der Waals surface area contributed by atoms with Crippen LogP contribution in [0.15, 0.2) is 77.7 Å². The highest BCUT2D eigenvalue weighted by Gasteiger charge is 2.36. The molecule has 0 aliphatic carbocycles. The predicted octanol–water partition coefficient (Wildman–Crippen LogP) is 8.31. The number of imide groups is 1. The van der Waals surface area contributed by atoms with Crippen molar-refractivity contribution in [3.63, 3.8) is 0 Å². The molecular weight excluding hydrogens is 617 g/mol. The zero-order chi connectivity index (χ0) is 30.0. The molecule has 4 aromatic rings. The number of hydrogen-bond acceptors (Lipinski definition) is 5. The largest absolute Gasteiger partial charge is 0.489 e. The number of anilines is 1. The first kappa shape index (κ1) is 29.8. The molecule has 1 aromatic heterocycles. The van der Waals surface area contributed by atoms with E-state index in [1.165, 1.54) is 0 Å². The van der Waals surface area contributed by atoms with Gasteiger partial charge in [-0.05, 0) is 91.8 Å². The third-order valence-electron chi connectivity index (χ3n) is 6.58. The molecule has 3 aromatic carbocycles. The van der Waals surface area contributed by atoms with Gasteiger partial charge < -0.3 is 14.6 Å².